The minimum atomic E-state index is -4.07. The zero-order chi connectivity index (χ0) is 22.0. The van der Waals surface area contributed by atoms with Crippen molar-refractivity contribution >= 4 is 44.8 Å². The normalized spacial score (nSPS) is 12.5. The van der Waals surface area contributed by atoms with Crippen molar-refractivity contribution in [1.82, 2.24) is 5.32 Å². The van der Waals surface area contributed by atoms with Crippen molar-refractivity contribution in [2.45, 2.75) is 11.4 Å². The Kier molecular flexibility index (Phi) is 5.95. The molecule has 1 amide bonds. The summed E-state index contributed by atoms with van der Waals surface area (Å²) in [5.74, 6) is 0.800. The molecule has 7 nitrogen and oxygen atoms in total. The largest absolute Gasteiger partial charge is 0.454 e. The molecule has 0 unspecified atom stereocenters. The lowest BCUT2D eigenvalue weighted by atomic mass is 10.1. The molecule has 1 heterocycles. The maximum Gasteiger partial charge on any atom is 0.263 e. The van der Waals surface area contributed by atoms with E-state index < -0.39 is 15.9 Å². The Bertz CT molecular complexity index is 1260. The minimum absolute atomic E-state index is 0.0214. The van der Waals surface area contributed by atoms with E-state index in [1.807, 2.05) is 0 Å². The fourth-order valence-corrected chi connectivity index (χ4v) is 4.78. The molecule has 10 heteroatoms. The molecule has 0 spiro atoms. The van der Waals surface area contributed by atoms with Crippen LogP contribution in [-0.4, -0.2) is 21.1 Å². The number of halogens is 2. The van der Waals surface area contributed by atoms with Gasteiger partial charge in [-0.1, -0.05) is 41.4 Å². The summed E-state index contributed by atoms with van der Waals surface area (Å²) < 4.78 is 38.6. The van der Waals surface area contributed by atoms with Crippen LogP contribution in [0.15, 0.2) is 65.6 Å². The highest BCUT2D eigenvalue weighted by Crippen LogP contribution is 2.32. The molecule has 2 N–H and O–H groups in total. The average molecular weight is 479 g/mol. The average Bonchev–Trinajstić information content (AvgIpc) is 3.21. The number of hydrogen-bond acceptors (Lipinski definition) is 5. The molecule has 0 fully saturated rings. The third kappa shape index (κ3) is 4.71. The van der Waals surface area contributed by atoms with Crippen LogP contribution in [0.1, 0.15) is 15.9 Å². The number of amides is 1. The van der Waals surface area contributed by atoms with Gasteiger partial charge < -0.3 is 14.8 Å². The summed E-state index contributed by atoms with van der Waals surface area (Å²) in [6.07, 6.45) is 0. The zero-order valence-corrected chi connectivity index (χ0v) is 18.2. The number of benzene rings is 3. The molecule has 0 bridgehead atoms. The highest BCUT2D eigenvalue weighted by Gasteiger charge is 2.21. The maximum atomic E-state index is 12.8. The monoisotopic (exact) mass is 478 g/mol. The van der Waals surface area contributed by atoms with E-state index in [9.17, 15) is 13.2 Å². The van der Waals surface area contributed by atoms with Gasteiger partial charge in [-0.3, -0.25) is 9.52 Å². The number of carbonyl (C=O) groups excluding carboxylic acids is 1. The quantitative estimate of drug-likeness (QED) is 0.545. The van der Waals surface area contributed by atoms with Crippen molar-refractivity contribution in [2.24, 2.45) is 0 Å². The summed E-state index contributed by atoms with van der Waals surface area (Å²) >= 11 is 12.1. The van der Waals surface area contributed by atoms with Gasteiger partial charge in [-0.05, 0) is 48.0 Å². The van der Waals surface area contributed by atoms with Crippen molar-refractivity contribution in [3.05, 3.63) is 81.8 Å². The number of fused-ring (bicyclic) bond motifs is 1. The molecule has 4 rings (SSSR count). The summed E-state index contributed by atoms with van der Waals surface area (Å²) in [4.78, 5) is 12.4. The van der Waals surface area contributed by atoms with Gasteiger partial charge in [0.05, 0.1) is 15.7 Å². The first-order valence-electron chi connectivity index (χ1n) is 9.07. The number of para-hydroxylation sites is 1. The van der Waals surface area contributed by atoms with Crippen molar-refractivity contribution in [3.63, 3.8) is 0 Å². The first-order chi connectivity index (χ1) is 14.8. The number of ether oxygens (including phenoxy) is 2. The molecule has 160 valence electrons. The van der Waals surface area contributed by atoms with Gasteiger partial charge in [-0.25, -0.2) is 8.42 Å². The van der Waals surface area contributed by atoms with Crippen molar-refractivity contribution < 1.29 is 22.7 Å². The fourth-order valence-electron chi connectivity index (χ4n) is 2.93. The highest BCUT2D eigenvalue weighted by molar-refractivity contribution is 7.92. The Morgan fingerprint density at radius 3 is 2.52 bits per heavy atom. The second-order valence-corrected chi connectivity index (χ2v) is 9.07. The van der Waals surface area contributed by atoms with Crippen molar-refractivity contribution in [3.8, 4) is 11.5 Å². The topological polar surface area (TPSA) is 93.7 Å². The lowest BCUT2D eigenvalue weighted by Gasteiger charge is -2.12. The standard InChI is InChI=1S/C21H16Cl2N2O5S/c22-15-3-1-2-4-17(15)25-31(27,28)20-10-14(6-7-16(20)23)21(26)24-11-13-5-8-18-19(9-13)30-12-29-18/h1-10,25H,11-12H2,(H,24,26). The minimum Gasteiger partial charge on any atom is -0.454 e. The number of sulfonamides is 1. The molecule has 31 heavy (non-hydrogen) atoms. The van der Waals surface area contributed by atoms with Gasteiger partial charge in [-0.15, -0.1) is 0 Å². The summed E-state index contributed by atoms with van der Waals surface area (Å²) in [6.45, 7) is 0.382. The zero-order valence-electron chi connectivity index (χ0n) is 15.9. The lowest BCUT2D eigenvalue weighted by molar-refractivity contribution is 0.0950. The van der Waals surface area contributed by atoms with Gasteiger partial charge in [0.15, 0.2) is 11.5 Å². The molecule has 0 saturated carbocycles. The maximum absolute atomic E-state index is 12.8. The van der Waals surface area contributed by atoms with Crippen LogP contribution in [0.3, 0.4) is 0 Å². The Morgan fingerprint density at radius 2 is 1.71 bits per heavy atom. The van der Waals surface area contributed by atoms with Crippen LogP contribution >= 0.6 is 23.2 Å². The number of anilines is 1. The van der Waals surface area contributed by atoms with Crippen LogP contribution in [0.4, 0.5) is 5.69 Å². The lowest BCUT2D eigenvalue weighted by Crippen LogP contribution is -2.23. The summed E-state index contributed by atoms with van der Waals surface area (Å²) in [5.41, 5.74) is 1.15. The van der Waals surface area contributed by atoms with E-state index in [-0.39, 0.29) is 39.5 Å². The molecule has 3 aromatic carbocycles. The number of carbonyl (C=O) groups is 1. The molecule has 0 atom stereocenters. The summed E-state index contributed by atoms with van der Waals surface area (Å²) in [7, 11) is -4.07. The van der Waals surface area contributed by atoms with Crippen molar-refractivity contribution in [2.75, 3.05) is 11.5 Å². The van der Waals surface area contributed by atoms with E-state index in [1.165, 1.54) is 24.3 Å². The van der Waals surface area contributed by atoms with Crippen LogP contribution < -0.4 is 19.5 Å². The van der Waals surface area contributed by atoms with Gasteiger partial charge in [0.25, 0.3) is 15.9 Å². The Hall–Kier alpha value is -2.94. The predicted octanol–water partition coefficient (Wildman–Crippen LogP) is 4.45. The Balaban J connectivity index is 1.51. The van der Waals surface area contributed by atoms with Gasteiger partial charge >= 0.3 is 0 Å². The molecule has 1 aliphatic heterocycles. The molecule has 0 saturated heterocycles. The molecule has 0 aliphatic carbocycles. The second kappa shape index (κ2) is 8.66. The van der Waals surface area contributed by atoms with Gasteiger partial charge in [-0.2, -0.15) is 0 Å². The molecule has 3 aromatic rings. The van der Waals surface area contributed by atoms with E-state index in [0.717, 1.165) is 5.56 Å². The first-order valence-corrected chi connectivity index (χ1v) is 11.3. The third-order valence-electron chi connectivity index (χ3n) is 4.49. The molecule has 0 aromatic heterocycles. The van der Waals surface area contributed by atoms with E-state index in [1.54, 1.807) is 36.4 Å². The highest BCUT2D eigenvalue weighted by atomic mass is 35.5. The number of nitrogens with one attached hydrogen (secondary N) is 2. The molecule has 0 radical (unpaired) electrons. The summed E-state index contributed by atoms with van der Waals surface area (Å²) in [6, 6.07) is 15.8. The van der Waals surface area contributed by atoms with Gasteiger partial charge in [0.2, 0.25) is 6.79 Å². The SMILES string of the molecule is O=C(NCc1ccc2c(c1)OCO2)c1ccc(Cl)c(S(=O)(=O)Nc2ccccc2Cl)c1. The predicted molar refractivity (Wildman–Crippen MR) is 117 cm³/mol. The second-order valence-electron chi connectivity index (χ2n) is 6.60. The Labute approximate surface area is 188 Å². The molecular formula is C21H16Cl2N2O5S. The van der Waals surface area contributed by atoms with Crippen molar-refractivity contribution in [1.29, 1.82) is 0 Å². The van der Waals surface area contributed by atoms with E-state index in [4.69, 9.17) is 32.7 Å². The first kappa shape index (κ1) is 21.3. The Morgan fingerprint density at radius 1 is 0.935 bits per heavy atom. The van der Waals surface area contributed by atoms with Crippen LogP contribution in [0.2, 0.25) is 10.0 Å². The van der Waals surface area contributed by atoms with Gasteiger partial charge in [0, 0.05) is 12.1 Å². The fraction of sp³-hybridized carbons (Fsp3) is 0.0952. The van der Waals surface area contributed by atoms with Crippen LogP contribution in [0.5, 0.6) is 11.5 Å². The number of rotatable bonds is 6. The third-order valence-corrected chi connectivity index (χ3v) is 6.67. The summed E-state index contributed by atoms with van der Waals surface area (Å²) in [5, 5.41) is 2.96. The van der Waals surface area contributed by atoms with E-state index >= 15 is 0 Å². The van der Waals surface area contributed by atoms with E-state index in [2.05, 4.69) is 10.0 Å². The van der Waals surface area contributed by atoms with E-state index in [0.29, 0.717) is 11.5 Å². The molecular weight excluding hydrogens is 463 g/mol. The van der Waals surface area contributed by atoms with Crippen LogP contribution in [0, 0.1) is 0 Å². The van der Waals surface area contributed by atoms with Crippen LogP contribution in [0.25, 0.3) is 0 Å². The van der Waals surface area contributed by atoms with Crippen LogP contribution in [-0.2, 0) is 16.6 Å². The van der Waals surface area contributed by atoms with Gasteiger partial charge in [0.1, 0.15) is 4.90 Å². The smallest absolute Gasteiger partial charge is 0.263 e. The molecule has 1 aliphatic rings. The number of hydrogen-bond donors (Lipinski definition) is 2.